The molecule has 25 heavy (non-hydrogen) atoms. The van der Waals surface area contributed by atoms with Gasteiger partial charge in [-0.3, -0.25) is 4.79 Å². The van der Waals surface area contributed by atoms with Crippen LogP contribution in [0.2, 0.25) is 0 Å². The molecule has 0 aromatic heterocycles. The second-order valence-electron chi connectivity index (χ2n) is 6.66. The van der Waals surface area contributed by atoms with E-state index in [2.05, 4.69) is 5.32 Å². The number of nitrogens with one attached hydrogen (secondary N) is 1. The van der Waals surface area contributed by atoms with E-state index in [0.29, 0.717) is 31.1 Å². The Morgan fingerprint density at radius 3 is 2.40 bits per heavy atom. The van der Waals surface area contributed by atoms with Gasteiger partial charge in [-0.15, -0.1) is 0 Å². The highest BCUT2D eigenvalue weighted by Crippen LogP contribution is 2.33. The van der Waals surface area contributed by atoms with Gasteiger partial charge < -0.3 is 14.8 Å². The van der Waals surface area contributed by atoms with Gasteiger partial charge in [0.2, 0.25) is 16.1 Å². The van der Waals surface area contributed by atoms with Crippen molar-refractivity contribution in [2.24, 2.45) is 5.92 Å². The monoisotopic (exact) mass is 368 g/mol. The fraction of sp³-hybridized carbons (Fsp3) is 0.588. The van der Waals surface area contributed by atoms with Crippen LogP contribution in [-0.2, 0) is 14.8 Å². The topological polar surface area (TPSA) is 84.9 Å². The molecule has 0 saturated carbocycles. The SMILES string of the molecule is CC1Oc2ccccc2OC1C(=O)NCC1CCN(S(C)(=O)=O)CC1. The molecule has 2 unspecified atom stereocenters. The maximum absolute atomic E-state index is 12.5. The Morgan fingerprint density at radius 1 is 1.20 bits per heavy atom. The van der Waals surface area contributed by atoms with Gasteiger partial charge in [0.15, 0.2) is 11.5 Å². The zero-order valence-electron chi connectivity index (χ0n) is 14.5. The van der Waals surface area contributed by atoms with Crippen LogP contribution in [0.1, 0.15) is 19.8 Å². The molecule has 1 saturated heterocycles. The highest BCUT2D eigenvalue weighted by Gasteiger charge is 2.34. The van der Waals surface area contributed by atoms with E-state index in [4.69, 9.17) is 9.47 Å². The first kappa shape index (κ1) is 18.0. The van der Waals surface area contributed by atoms with Crippen LogP contribution in [-0.4, -0.2) is 56.7 Å². The van der Waals surface area contributed by atoms with Crippen LogP contribution in [0.15, 0.2) is 24.3 Å². The fourth-order valence-electron chi connectivity index (χ4n) is 3.20. The molecule has 1 aromatic carbocycles. The first-order valence-electron chi connectivity index (χ1n) is 8.50. The van der Waals surface area contributed by atoms with E-state index < -0.39 is 16.1 Å². The summed E-state index contributed by atoms with van der Waals surface area (Å²) in [4.78, 5) is 12.5. The average Bonchev–Trinajstić information content (AvgIpc) is 2.58. The van der Waals surface area contributed by atoms with Crippen LogP contribution in [0.25, 0.3) is 0 Å². The molecule has 2 atom stereocenters. The van der Waals surface area contributed by atoms with Crippen molar-refractivity contribution in [3.05, 3.63) is 24.3 Å². The molecule has 0 spiro atoms. The number of ether oxygens (including phenoxy) is 2. The predicted octanol–water partition coefficient (Wildman–Crippen LogP) is 1.00. The molecule has 0 radical (unpaired) electrons. The molecule has 138 valence electrons. The third-order valence-electron chi connectivity index (χ3n) is 4.71. The number of piperidine rings is 1. The molecule has 0 bridgehead atoms. The number of rotatable bonds is 4. The van der Waals surface area contributed by atoms with E-state index in [1.54, 1.807) is 6.07 Å². The standard InChI is InChI=1S/C17H24N2O5S/c1-12-16(24-15-6-4-3-5-14(15)23-12)17(20)18-11-13-7-9-19(10-8-13)25(2,21)22/h3-6,12-13,16H,7-11H2,1-2H3,(H,18,20). The van der Waals surface area contributed by atoms with Gasteiger partial charge >= 0.3 is 0 Å². The summed E-state index contributed by atoms with van der Waals surface area (Å²) in [6, 6.07) is 7.29. The molecule has 8 heteroatoms. The van der Waals surface area contributed by atoms with E-state index in [1.807, 2.05) is 25.1 Å². The van der Waals surface area contributed by atoms with Crippen molar-refractivity contribution in [1.82, 2.24) is 9.62 Å². The lowest BCUT2D eigenvalue weighted by Crippen LogP contribution is -2.50. The number of hydrogen-bond acceptors (Lipinski definition) is 5. The van der Waals surface area contributed by atoms with Crippen molar-refractivity contribution in [3.63, 3.8) is 0 Å². The minimum absolute atomic E-state index is 0.201. The molecule has 1 fully saturated rings. The quantitative estimate of drug-likeness (QED) is 0.857. The van der Waals surface area contributed by atoms with Gasteiger partial charge in [0.1, 0.15) is 6.10 Å². The van der Waals surface area contributed by atoms with E-state index >= 15 is 0 Å². The molecule has 2 aliphatic heterocycles. The molecule has 7 nitrogen and oxygen atoms in total. The van der Waals surface area contributed by atoms with Crippen molar-refractivity contribution >= 4 is 15.9 Å². The van der Waals surface area contributed by atoms with Gasteiger partial charge in [0.25, 0.3) is 5.91 Å². The maximum atomic E-state index is 12.5. The molecular weight excluding hydrogens is 344 g/mol. The number of amides is 1. The van der Waals surface area contributed by atoms with Crippen LogP contribution < -0.4 is 14.8 Å². The number of sulfonamides is 1. The molecule has 2 aliphatic rings. The number of para-hydroxylation sites is 2. The summed E-state index contributed by atoms with van der Waals surface area (Å²) in [7, 11) is -3.12. The van der Waals surface area contributed by atoms with Crippen molar-refractivity contribution in [2.75, 3.05) is 25.9 Å². The van der Waals surface area contributed by atoms with Crippen LogP contribution >= 0.6 is 0 Å². The number of hydrogen-bond donors (Lipinski definition) is 1. The summed E-state index contributed by atoms with van der Waals surface area (Å²) >= 11 is 0. The fourth-order valence-corrected chi connectivity index (χ4v) is 4.07. The number of carbonyl (C=O) groups is 1. The lowest BCUT2D eigenvalue weighted by Gasteiger charge is -2.33. The highest BCUT2D eigenvalue weighted by atomic mass is 32.2. The molecular formula is C17H24N2O5S. The lowest BCUT2D eigenvalue weighted by atomic mass is 9.98. The van der Waals surface area contributed by atoms with Gasteiger partial charge in [0.05, 0.1) is 6.26 Å². The second kappa shape index (κ2) is 7.21. The maximum Gasteiger partial charge on any atom is 0.265 e. The van der Waals surface area contributed by atoms with Crippen LogP contribution in [0, 0.1) is 5.92 Å². The third kappa shape index (κ3) is 4.24. The molecule has 0 aliphatic carbocycles. The second-order valence-corrected chi connectivity index (χ2v) is 8.64. The van der Waals surface area contributed by atoms with Crippen molar-refractivity contribution in [3.8, 4) is 11.5 Å². The zero-order valence-corrected chi connectivity index (χ0v) is 15.3. The molecule has 1 aromatic rings. The summed E-state index contributed by atoms with van der Waals surface area (Å²) in [5.74, 6) is 1.29. The van der Waals surface area contributed by atoms with Gasteiger partial charge in [-0.1, -0.05) is 12.1 Å². The van der Waals surface area contributed by atoms with E-state index in [-0.39, 0.29) is 17.9 Å². The van der Waals surface area contributed by atoms with E-state index in [0.717, 1.165) is 12.8 Å². The largest absolute Gasteiger partial charge is 0.482 e. The summed E-state index contributed by atoms with van der Waals surface area (Å²) in [5, 5.41) is 2.92. The van der Waals surface area contributed by atoms with Crippen LogP contribution in [0.4, 0.5) is 0 Å². The lowest BCUT2D eigenvalue weighted by molar-refractivity contribution is -0.133. The normalized spacial score (nSPS) is 24.7. The first-order valence-corrected chi connectivity index (χ1v) is 10.3. The number of benzene rings is 1. The minimum Gasteiger partial charge on any atom is -0.482 e. The van der Waals surface area contributed by atoms with E-state index in [1.165, 1.54) is 10.6 Å². The zero-order chi connectivity index (χ0) is 18.0. The first-order chi connectivity index (χ1) is 11.8. The summed E-state index contributed by atoms with van der Waals surface area (Å²) in [6.07, 6.45) is 1.66. The molecule has 2 heterocycles. The van der Waals surface area contributed by atoms with Crippen LogP contribution in [0.3, 0.4) is 0 Å². The Labute approximate surface area is 148 Å². The predicted molar refractivity (Wildman–Crippen MR) is 93.1 cm³/mol. The van der Waals surface area contributed by atoms with Crippen LogP contribution in [0.5, 0.6) is 11.5 Å². The summed E-state index contributed by atoms with van der Waals surface area (Å²) in [6.45, 7) is 3.34. The molecule has 1 amide bonds. The number of carbonyl (C=O) groups excluding carboxylic acids is 1. The smallest absolute Gasteiger partial charge is 0.265 e. The average molecular weight is 368 g/mol. The van der Waals surface area contributed by atoms with Crippen molar-refractivity contribution in [1.29, 1.82) is 0 Å². The Hall–Kier alpha value is -1.80. The third-order valence-corrected chi connectivity index (χ3v) is 6.01. The minimum atomic E-state index is -3.12. The molecule has 1 N–H and O–H groups in total. The highest BCUT2D eigenvalue weighted by molar-refractivity contribution is 7.88. The van der Waals surface area contributed by atoms with Crippen molar-refractivity contribution < 1.29 is 22.7 Å². The van der Waals surface area contributed by atoms with Gasteiger partial charge in [-0.2, -0.15) is 0 Å². The van der Waals surface area contributed by atoms with Gasteiger partial charge in [-0.05, 0) is 37.8 Å². The summed E-state index contributed by atoms with van der Waals surface area (Å²) in [5.41, 5.74) is 0. The Morgan fingerprint density at radius 2 is 1.80 bits per heavy atom. The van der Waals surface area contributed by atoms with Gasteiger partial charge in [0, 0.05) is 19.6 Å². The number of nitrogens with zero attached hydrogens (tertiary/aromatic N) is 1. The molecule has 3 rings (SSSR count). The van der Waals surface area contributed by atoms with Crippen molar-refractivity contribution in [2.45, 2.75) is 32.0 Å². The summed E-state index contributed by atoms with van der Waals surface area (Å²) < 4.78 is 36.1. The van der Waals surface area contributed by atoms with E-state index in [9.17, 15) is 13.2 Å². The Balaban J connectivity index is 1.50. The van der Waals surface area contributed by atoms with Gasteiger partial charge in [-0.25, -0.2) is 12.7 Å². The number of fused-ring (bicyclic) bond motifs is 1. The Bertz CT molecular complexity index is 728. The Kier molecular flexibility index (Phi) is 5.19.